The highest BCUT2D eigenvalue weighted by molar-refractivity contribution is 5.96. The Hall–Kier alpha value is -2.26. The van der Waals surface area contributed by atoms with Crippen molar-refractivity contribution in [2.75, 3.05) is 7.11 Å². The third kappa shape index (κ3) is 4.53. The van der Waals surface area contributed by atoms with Crippen molar-refractivity contribution in [2.45, 2.75) is 111 Å². The first-order valence-electron chi connectivity index (χ1n) is 14.1. The van der Waals surface area contributed by atoms with Crippen molar-refractivity contribution < 1.29 is 42.9 Å². The lowest BCUT2D eigenvalue weighted by molar-refractivity contribution is -0.159. The lowest BCUT2D eigenvalue weighted by Crippen LogP contribution is -2.43. The van der Waals surface area contributed by atoms with E-state index in [1.54, 1.807) is 14.0 Å². The quantitative estimate of drug-likeness (QED) is 0.211. The molecule has 0 aromatic rings. The molecule has 0 spiro atoms. The predicted molar refractivity (Wildman–Crippen MR) is 140 cm³/mol. The van der Waals surface area contributed by atoms with Gasteiger partial charge in [0.2, 0.25) is 0 Å². The fraction of sp³-hybridized carbons (Fsp3) is 0.800. The fourth-order valence-electron chi connectivity index (χ4n) is 7.56. The molecule has 0 bridgehead atoms. The SMILES string of the molecule is CC[C@@H](C)C(=O)O[C@H]1[C@@H](C)C[C@@]23O[C@@]12/C=C(\C)[C@@H](OC(C)=O)[C@@H](OC)[C@H]1[C@@H]([C@@H](OC(C)=O)[C@@H](C)C3=O)C1(C)C. The molecule has 9 nitrogen and oxygen atoms in total. The first-order valence-corrected chi connectivity index (χ1v) is 14.1. The smallest absolute Gasteiger partial charge is 0.309 e. The van der Waals surface area contributed by atoms with Crippen LogP contribution < -0.4 is 0 Å². The van der Waals surface area contributed by atoms with Crippen molar-refractivity contribution in [2.24, 2.45) is 35.0 Å². The Morgan fingerprint density at radius 2 is 1.64 bits per heavy atom. The van der Waals surface area contributed by atoms with Crippen LogP contribution in [0.1, 0.15) is 75.2 Å². The maximum Gasteiger partial charge on any atom is 0.309 e. The van der Waals surface area contributed by atoms with Crippen LogP contribution in [0.2, 0.25) is 0 Å². The number of ketones is 1. The second-order valence-corrected chi connectivity index (χ2v) is 12.8. The average Bonchev–Trinajstić information content (AvgIpc) is 3.64. The number of fused-ring (bicyclic) bond motifs is 1. The van der Waals surface area contributed by atoms with E-state index in [1.807, 2.05) is 33.8 Å². The Kier molecular flexibility index (Phi) is 7.60. The van der Waals surface area contributed by atoms with Crippen LogP contribution in [0.4, 0.5) is 0 Å². The van der Waals surface area contributed by atoms with Gasteiger partial charge in [-0.1, -0.05) is 41.5 Å². The summed E-state index contributed by atoms with van der Waals surface area (Å²) in [6, 6.07) is 0. The van der Waals surface area contributed by atoms with Crippen LogP contribution in [0.25, 0.3) is 0 Å². The van der Waals surface area contributed by atoms with Crippen molar-refractivity contribution in [1.29, 1.82) is 0 Å². The average molecular weight is 549 g/mol. The minimum atomic E-state index is -1.24. The molecule has 9 heteroatoms. The number of hydrogen-bond acceptors (Lipinski definition) is 9. The number of ether oxygens (including phenoxy) is 5. The van der Waals surface area contributed by atoms with Gasteiger partial charge in [-0.3, -0.25) is 19.2 Å². The summed E-state index contributed by atoms with van der Waals surface area (Å²) >= 11 is 0. The number of carbonyl (C=O) groups excluding carboxylic acids is 4. The van der Waals surface area contributed by atoms with Crippen LogP contribution in [-0.2, 0) is 42.9 Å². The summed E-state index contributed by atoms with van der Waals surface area (Å²) < 4.78 is 30.2. The van der Waals surface area contributed by atoms with E-state index in [9.17, 15) is 19.2 Å². The molecule has 11 atom stereocenters. The van der Waals surface area contributed by atoms with Gasteiger partial charge in [-0.05, 0) is 42.7 Å². The molecule has 1 aliphatic heterocycles. The van der Waals surface area contributed by atoms with E-state index in [2.05, 4.69) is 13.8 Å². The number of Topliss-reactive ketones (excluding diaryl/α,β-unsaturated/α-hetero) is 1. The minimum absolute atomic E-state index is 0.155. The molecule has 0 aromatic carbocycles. The normalized spacial score (nSPS) is 44.3. The van der Waals surface area contributed by atoms with Gasteiger partial charge in [0, 0.05) is 32.8 Å². The van der Waals surface area contributed by atoms with Crippen LogP contribution >= 0.6 is 0 Å². The highest BCUT2D eigenvalue weighted by Gasteiger charge is 2.84. The van der Waals surface area contributed by atoms with Crippen LogP contribution in [0.5, 0.6) is 0 Å². The number of carbonyl (C=O) groups is 4. The molecule has 1 saturated heterocycles. The second kappa shape index (κ2) is 9.98. The fourth-order valence-corrected chi connectivity index (χ4v) is 7.56. The zero-order chi connectivity index (χ0) is 29.2. The monoisotopic (exact) mass is 548 g/mol. The number of hydrogen-bond donors (Lipinski definition) is 0. The standard InChI is InChI=1S/C30H44O9/c1-11-14(2)27(34)38-26-16(4)13-29-25(33)17(5)23(37-19(7)32)20-21(28(20,8)9)24(35-10)22(36-18(6)31)15(3)12-30(26,29)39-29/h12,14,16-17,20-24,26H,11,13H2,1-10H3/b15-12+/t14-,16+,17-,20+,21-,22-,23+,24+,26+,29+,30+/m1/s1. The van der Waals surface area contributed by atoms with E-state index in [0.717, 1.165) is 0 Å². The predicted octanol–water partition coefficient (Wildman–Crippen LogP) is 3.81. The van der Waals surface area contributed by atoms with Gasteiger partial charge in [-0.25, -0.2) is 0 Å². The van der Waals surface area contributed by atoms with E-state index >= 15 is 0 Å². The zero-order valence-corrected chi connectivity index (χ0v) is 24.9. The molecule has 4 aliphatic rings. The Morgan fingerprint density at radius 1 is 1.05 bits per heavy atom. The lowest BCUT2D eigenvalue weighted by Gasteiger charge is -2.30. The molecule has 3 fully saturated rings. The zero-order valence-electron chi connectivity index (χ0n) is 24.9. The molecule has 0 aromatic heterocycles. The molecule has 0 N–H and O–H groups in total. The summed E-state index contributed by atoms with van der Waals surface area (Å²) in [6.07, 6.45) is 0.0338. The lowest BCUT2D eigenvalue weighted by atomic mass is 9.80. The van der Waals surface area contributed by atoms with Gasteiger partial charge in [0.1, 0.15) is 24.4 Å². The summed E-state index contributed by atoms with van der Waals surface area (Å²) in [7, 11) is 1.57. The van der Waals surface area contributed by atoms with Gasteiger partial charge in [0.15, 0.2) is 17.0 Å². The van der Waals surface area contributed by atoms with Crippen LogP contribution in [0.15, 0.2) is 11.6 Å². The van der Waals surface area contributed by atoms with E-state index in [4.69, 9.17) is 23.7 Å². The number of rotatable bonds is 6. The van der Waals surface area contributed by atoms with Crippen LogP contribution in [-0.4, -0.2) is 66.4 Å². The number of epoxide rings is 1. The Morgan fingerprint density at radius 3 is 2.18 bits per heavy atom. The second-order valence-electron chi connectivity index (χ2n) is 12.8. The summed E-state index contributed by atoms with van der Waals surface area (Å²) in [6.45, 7) is 16.1. The molecule has 0 radical (unpaired) electrons. The van der Waals surface area contributed by atoms with Crippen molar-refractivity contribution in [3.05, 3.63) is 11.6 Å². The van der Waals surface area contributed by atoms with Gasteiger partial charge in [0.25, 0.3) is 0 Å². The molecular formula is C30H44O9. The molecule has 4 rings (SSSR count). The Bertz CT molecular complexity index is 1080. The van der Waals surface area contributed by atoms with Crippen molar-refractivity contribution >= 4 is 23.7 Å². The molecule has 39 heavy (non-hydrogen) atoms. The largest absolute Gasteiger partial charge is 0.461 e. The molecular weight excluding hydrogens is 504 g/mol. The van der Waals surface area contributed by atoms with E-state index in [0.29, 0.717) is 18.4 Å². The first-order chi connectivity index (χ1) is 18.1. The molecule has 0 amide bonds. The van der Waals surface area contributed by atoms with Crippen molar-refractivity contribution in [3.8, 4) is 0 Å². The maximum atomic E-state index is 14.4. The van der Waals surface area contributed by atoms with E-state index < -0.39 is 53.5 Å². The highest BCUT2D eigenvalue weighted by Crippen LogP contribution is 2.68. The molecule has 1 heterocycles. The van der Waals surface area contributed by atoms with Crippen molar-refractivity contribution in [1.82, 2.24) is 0 Å². The van der Waals surface area contributed by atoms with Gasteiger partial charge in [-0.15, -0.1) is 0 Å². The first kappa shape index (κ1) is 29.7. The summed E-state index contributed by atoms with van der Waals surface area (Å²) in [5.41, 5.74) is -2.16. The van der Waals surface area contributed by atoms with Gasteiger partial charge in [0.05, 0.1) is 11.8 Å². The summed E-state index contributed by atoms with van der Waals surface area (Å²) in [4.78, 5) is 51.9. The molecule has 218 valence electrons. The number of methoxy groups -OCH3 is 1. The summed E-state index contributed by atoms with van der Waals surface area (Å²) in [5.74, 6) is -2.99. The van der Waals surface area contributed by atoms with Gasteiger partial charge >= 0.3 is 17.9 Å². The highest BCUT2D eigenvalue weighted by atomic mass is 16.7. The van der Waals surface area contributed by atoms with Crippen LogP contribution in [0, 0.1) is 35.0 Å². The van der Waals surface area contributed by atoms with Gasteiger partial charge < -0.3 is 23.7 Å². The number of esters is 3. The Labute approximate surface area is 231 Å². The third-order valence-electron chi connectivity index (χ3n) is 9.80. The topological polar surface area (TPSA) is 118 Å². The van der Waals surface area contributed by atoms with E-state index in [1.165, 1.54) is 13.8 Å². The van der Waals surface area contributed by atoms with Gasteiger partial charge in [-0.2, -0.15) is 0 Å². The summed E-state index contributed by atoms with van der Waals surface area (Å²) in [5, 5.41) is 0. The molecule has 0 unspecified atom stereocenters. The maximum absolute atomic E-state index is 14.4. The molecule has 2 saturated carbocycles. The third-order valence-corrected chi connectivity index (χ3v) is 9.80. The minimum Gasteiger partial charge on any atom is -0.461 e. The van der Waals surface area contributed by atoms with E-state index in [-0.39, 0.29) is 40.8 Å². The van der Waals surface area contributed by atoms with Crippen molar-refractivity contribution in [3.63, 3.8) is 0 Å². The van der Waals surface area contributed by atoms with Crippen LogP contribution in [0.3, 0.4) is 0 Å². The Balaban J connectivity index is 1.88. The molecule has 3 aliphatic carbocycles.